The average Bonchev–Trinajstić information content (AvgIpc) is 2.28. The third-order valence-corrected chi connectivity index (χ3v) is 2.03. The standard InChI is InChI=1S/C10H9F4NO3/c1-17-9(16)5-3-7(11)6(10(12,13)14)4-8(5)15-18-2/h3-4,15H,1-2H3. The molecule has 0 aromatic heterocycles. The van der Waals surface area contributed by atoms with Crippen LogP contribution in [0.2, 0.25) is 0 Å². The van der Waals surface area contributed by atoms with Gasteiger partial charge in [0.2, 0.25) is 0 Å². The topological polar surface area (TPSA) is 47.6 Å². The molecule has 0 unspecified atom stereocenters. The minimum absolute atomic E-state index is 0.335. The number of hydrogen-bond donors (Lipinski definition) is 1. The van der Waals surface area contributed by atoms with E-state index in [2.05, 4.69) is 15.1 Å². The highest BCUT2D eigenvalue weighted by molar-refractivity contribution is 5.95. The Morgan fingerprint density at radius 3 is 2.33 bits per heavy atom. The van der Waals surface area contributed by atoms with Crippen LogP contribution in [0.4, 0.5) is 23.2 Å². The average molecular weight is 267 g/mol. The number of nitrogens with one attached hydrogen (secondary N) is 1. The lowest BCUT2D eigenvalue weighted by atomic mass is 10.1. The maximum absolute atomic E-state index is 13.3. The number of carbonyl (C=O) groups excluding carboxylic acids is 1. The Hall–Kier alpha value is -1.83. The van der Waals surface area contributed by atoms with Crippen molar-refractivity contribution >= 4 is 11.7 Å². The SMILES string of the molecule is CONc1cc(C(F)(F)F)c(F)cc1C(=O)OC. The van der Waals surface area contributed by atoms with Gasteiger partial charge in [-0.3, -0.25) is 10.3 Å². The van der Waals surface area contributed by atoms with Crippen molar-refractivity contribution in [2.75, 3.05) is 19.7 Å². The summed E-state index contributed by atoms with van der Waals surface area (Å²) in [5.41, 5.74) is -0.175. The summed E-state index contributed by atoms with van der Waals surface area (Å²) in [4.78, 5) is 15.7. The molecular formula is C10H9F4NO3. The van der Waals surface area contributed by atoms with Crippen molar-refractivity contribution in [1.29, 1.82) is 0 Å². The maximum Gasteiger partial charge on any atom is 0.419 e. The van der Waals surface area contributed by atoms with Gasteiger partial charge in [0, 0.05) is 0 Å². The zero-order valence-corrected chi connectivity index (χ0v) is 9.39. The Balaban J connectivity index is 3.39. The molecule has 0 aliphatic rings. The molecule has 4 nitrogen and oxygen atoms in total. The van der Waals surface area contributed by atoms with Crippen LogP contribution in [0.5, 0.6) is 0 Å². The van der Waals surface area contributed by atoms with Crippen molar-refractivity contribution in [3.05, 3.63) is 29.1 Å². The van der Waals surface area contributed by atoms with E-state index in [1.54, 1.807) is 0 Å². The van der Waals surface area contributed by atoms with Crippen molar-refractivity contribution in [3.63, 3.8) is 0 Å². The Labute approximate surface area is 99.4 Å². The van der Waals surface area contributed by atoms with Gasteiger partial charge in [-0.05, 0) is 12.1 Å². The predicted molar refractivity (Wildman–Crippen MR) is 53.4 cm³/mol. The molecule has 1 aromatic carbocycles. The molecule has 100 valence electrons. The predicted octanol–water partition coefficient (Wildman–Crippen LogP) is 2.60. The van der Waals surface area contributed by atoms with Gasteiger partial charge in [0.15, 0.2) is 0 Å². The minimum Gasteiger partial charge on any atom is -0.465 e. The van der Waals surface area contributed by atoms with Crippen LogP contribution in [0.1, 0.15) is 15.9 Å². The largest absolute Gasteiger partial charge is 0.465 e. The first-order chi connectivity index (χ1) is 8.31. The van der Waals surface area contributed by atoms with Gasteiger partial charge in [-0.1, -0.05) is 0 Å². The van der Waals surface area contributed by atoms with Gasteiger partial charge in [-0.2, -0.15) is 13.2 Å². The second kappa shape index (κ2) is 5.21. The lowest BCUT2D eigenvalue weighted by molar-refractivity contribution is -0.139. The first-order valence-electron chi connectivity index (χ1n) is 4.59. The van der Waals surface area contributed by atoms with Crippen LogP contribution >= 0.6 is 0 Å². The third kappa shape index (κ3) is 2.89. The van der Waals surface area contributed by atoms with E-state index < -0.39 is 29.1 Å². The third-order valence-electron chi connectivity index (χ3n) is 2.03. The Kier molecular flexibility index (Phi) is 4.12. The zero-order valence-electron chi connectivity index (χ0n) is 9.39. The van der Waals surface area contributed by atoms with Gasteiger partial charge in [-0.15, -0.1) is 0 Å². The number of anilines is 1. The Bertz CT molecular complexity index is 459. The lowest BCUT2D eigenvalue weighted by Crippen LogP contribution is -2.14. The normalized spacial score (nSPS) is 11.2. The van der Waals surface area contributed by atoms with Crippen molar-refractivity contribution in [2.24, 2.45) is 0 Å². The number of carbonyl (C=O) groups is 1. The Morgan fingerprint density at radius 2 is 1.89 bits per heavy atom. The number of benzene rings is 1. The van der Waals surface area contributed by atoms with Crippen LogP contribution in [-0.4, -0.2) is 20.2 Å². The van der Waals surface area contributed by atoms with E-state index in [-0.39, 0.29) is 5.69 Å². The van der Waals surface area contributed by atoms with Crippen LogP contribution < -0.4 is 5.48 Å². The van der Waals surface area contributed by atoms with E-state index >= 15 is 0 Å². The highest BCUT2D eigenvalue weighted by Gasteiger charge is 2.35. The fraction of sp³-hybridized carbons (Fsp3) is 0.300. The minimum atomic E-state index is -4.87. The molecule has 1 N–H and O–H groups in total. The molecule has 0 spiro atoms. The fourth-order valence-electron chi connectivity index (χ4n) is 1.26. The summed E-state index contributed by atoms with van der Waals surface area (Å²) in [6, 6.07) is 0.876. The molecule has 0 radical (unpaired) electrons. The molecule has 18 heavy (non-hydrogen) atoms. The maximum atomic E-state index is 13.3. The van der Waals surface area contributed by atoms with Crippen molar-refractivity contribution < 1.29 is 31.9 Å². The summed E-state index contributed by atoms with van der Waals surface area (Å²) in [7, 11) is 2.16. The summed E-state index contributed by atoms with van der Waals surface area (Å²) >= 11 is 0. The summed E-state index contributed by atoms with van der Waals surface area (Å²) < 4.78 is 55.0. The monoisotopic (exact) mass is 267 g/mol. The summed E-state index contributed by atoms with van der Waals surface area (Å²) in [5, 5.41) is 0. The van der Waals surface area contributed by atoms with E-state index in [9.17, 15) is 22.4 Å². The van der Waals surface area contributed by atoms with E-state index in [1.807, 2.05) is 0 Å². The highest BCUT2D eigenvalue weighted by Crippen LogP contribution is 2.34. The lowest BCUT2D eigenvalue weighted by Gasteiger charge is -2.13. The molecule has 1 rings (SSSR count). The molecular weight excluding hydrogens is 258 g/mol. The number of methoxy groups -OCH3 is 1. The first-order valence-corrected chi connectivity index (χ1v) is 4.59. The number of alkyl halides is 3. The van der Waals surface area contributed by atoms with Gasteiger partial charge in [0.1, 0.15) is 5.82 Å². The molecule has 0 saturated heterocycles. The molecule has 0 bridgehead atoms. The van der Waals surface area contributed by atoms with Crippen molar-refractivity contribution in [1.82, 2.24) is 0 Å². The molecule has 0 aliphatic carbocycles. The molecule has 0 atom stereocenters. The van der Waals surface area contributed by atoms with E-state index in [1.165, 1.54) is 0 Å². The smallest absolute Gasteiger partial charge is 0.419 e. The van der Waals surface area contributed by atoms with E-state index in [0.29, 0.717) is 12.1 Å². The number of hydrogen-bond acceptors (Lipinski definition) is 4. The highest BCUT2D eigenvalue weighted by atomic mass is 19.4. The van der Waals surface area contributed by atoms with Crippen LogP contribution in [0.25, 0.3) is 0 Å². The number of esters is 1. The van der Waals surface area contributed by atoms with Gasteiger partial charge in [-0.25, -0.2) is 9.18 Å². The van der Waals surface area contributed by atoms with Gasteiger partial charge >= 0.3 is 12.1 Å². The molecule has 8 heteroatoms. The number of rotatable bonds is 3. The molecule has 0 amide bonds. The first kappa shape index (κ1) is 14.2. The van der Waals surface area contributed by atoms with Crippen LogP contribution in [0.15, 0.2) is 12.1 Å². The molecule has 0 heterocycles. The van der Waals surface area contributed by atoms with E-state index in [0.717, 1.165) is 14.2 Å². The molecule has 0 fully saturated rings. The zero-order chi connectivity index (χ0) is 13.9. The van der Waals surface area contributed by atoms with Crippen LogP contribution in [0.3, 0.4) is 0 Å². The van der Waals surface area contributed by atoms with Crippen molar-refractivity contribution in [2.45, 2.75) is 6.18 Å². The second-order valence-electron chi connectivity index (χ2n) is 3.17. The van der Waals surface area contributed by atoms with Gasteiger partial charge < -0.3 is 4.74 Å². The van der Waals surface area contributed by atoms with Crippen molar-refractivity contribution in [3.8, 4) is 0 Å². The van der Waals surface area contributed by atoms with E-state index in [4.69, 9.17) is 0 Å². The van der Waals surface area contributed by atoms with Gasteiger partial charge in [0.25, 0.3) is 0 Å². The summed E-state index contributed by atoms with van der Waals surface area (Å²) in [5.74, 6) is -2.55. The Morgan fingerprint density at radius 1 is 1.28 bits per heavy atom. The fourth-order valence-corrected chi connectivity index (χ4v) is 1.26. The summed E-state index contributed by atoms with van der Waals surface area (Å²) in [6.07, 6.45) is -4.87. The van der Waals surface area contributed by atoms with Crippen LogP contribution in [0, 0.1) is 5.82 Å². The van der Waals surface area contributed by atoms with Gasteiger partial charge in [0.05, 0.1) is 31.0 Å². The molecule has 0 saturated carbocycles. The number of halogens is 4. The molecule has 1 aromatic rings. The summed E-state index contributed by atoms with van der Waals surface area (Å²) in [6.45, 7) is 0. The quantitative estimate of drug-likeness (QED) is 0.519. The van der Waals surface area contributed by atoms with Crippen LogP contribution in [-0.2, 0) is 15.8 Å². The number of ether oxygens (including phenoxy) is 1. The molecule has 0 aliphatic heterocycles. The second-order valence-corrected chi connectivity index (χ2v) is 3.17.